The van der Waals surface area contributed by atoms with Crippen molar-refractivity contribution in [2.24, 2.45) is 11.1 Å². The molecule has 2 saturated heterocycles. The normalized spacial score (nSPS) is 22.9. The minimum Gasteiger partial charge on any atom is -0.464 e. The van der Waals surface area contributed by atoms with Crippen LogP contribution in [0.5, 0.6) is 0 Å². The molecule has 0 spiro atoms. The molecular weight excluding hydrogens is 741 g/mol. The van der Waals surface area contributed by atoms with E-state index in [2.05, 4.69) is 84.2 Å². The number of likely N-dealkylation sites (N-methyl/N-ethyl adjacent to an activating group) is 1. The Labute approximate surface area is 340 Å². The molecule has 2 fully saturated rings. The number of hydrazine groups is 1. The Morgan fingerprint density at radius 1 is 1.11 bits per heavy atom. The topological polar surface area (TPSA) is 140 Å². The summed E-state index contributed by atoms with van der Waals surface area (Å²) in [6.07, 6.45) is 3.63. The molecule has 308 valence electrons. The van der Waals surface area contributed by atoms with Gasteiger partial charge in [-0.2, -0.15) is 0 Å². The average Bonchev–Trinajstić information content (AvgIpc) is 3.81. The Morgan fingerprint density at radius 2 is 1.88 bits per heavy atom. The largest absolute Gasteiger partial charge is 0.464 e. The van der Waals surface area contributed by atoms with Crippen LogP contribution in [-0.2, 0) is 36.8 Å². The van der Waals surface area contributed by atoms with Crippen LogP contribution in [0.25, 0.3) is 33.4 Å². The lowest BCUT2D eigenvalue weighted by atomic mass is 9.84. The predicted molar refractivity (Wildman–Crippen MR) is 225 cm³/mol. The van der Waals surface area contributed by atoms with Gasteiger partial charge >= 0.3 is 5.97 Å². The van der Waals surface area contributed by atoms with Crippen molar-refractivity contribution in [2.45, 2.75) is 97.6 Å². The van der Waals surface area contributed by atoms with Gasteiger partial charge in [0.25, 0.3) is 5.91 Å². The summed E-state index contributed by atoms with van der Waals surface area (Å²) in [4.78, 5) is 42.3. The minimum absolute atomic E-state index is 0.0766. The third-order valence-corrected chi connectivity index (χ3v) is 12.8. The van der Waals surface area contributed by atoms with Crippen molar-refractivity contribution >= 4 is 39.8 Å². The van der Waals surface area contributed by atoms with E-state index in [9.17, 15) is 9.59 Å². The van der Waals surface area contributed by atoms with Crippen molar-refractivity contribution in [1.82, 2.24) is 29.9 Å². The molecule has 4 atom stereocenters. The molecule has 1 aromatic carbocycles. The fourth-order valence-corrected chi connectivity index (χ4v) is 9.13. The van der Waals surface area contributed by atoms with Gasteiger partial charge in [0, 0.05) is 85.1 Å². The predicted octanol–water partition coefficient (Wildman–Crippen LogP) is 5.76. The number of pyridine rings is 1. The van der Waals surface area contributed by atoms with Gasteiger partial charge < -0.3 is 34.3 Å². The van der Waals surface area contributed by atoms with Crippen LogP contribution in [0.4, 0.5) is 5.69 Å². The van der Waals surface area contributed by atoms with Crippen molar-refractivity contribution in [1.29, 1.82) is 0 Å². The third-order valence-electron chi connectivity index (χ3n) is 11.7. The molecule has 6 bridgehead atoms. The van der Waals surface area contributed by atoms with Crippen molar-refractivity contribution < 1.29 is 23.8 Å². The number of rotatable bonds is 8. The van der Waals surface area contributed by atoms with Gasteiger partial charge in [0.05, 0.1) is 65.4 Å². The van der Waals surface area contributed by atoms with E-state index in [4.69, 9.17) is 29.9 Å². The van der Waals surface area contributed by atoms with E-state index in [0.717, 1.165) is 81.5 Å². The summed E-state index contributed by atoms with van der Waals surface area (Å²) in [5, 5.41) is 5.43. The highest BCUT2D eigenvalue weighted by atomic mass is 32.1. The Hall–Kier alpha value is -3.92. The molecule has 3 aliphatic heterocycles. The summed E-state index contributed by atoms with van der Waals surface area (Å²) < 4.78 is 20.7. The number of hydrogen-bond acceptors (Lipinski definition) is 12. The maximum Gasteiger partial charge on any atom is 0.324 e. The van der Waals surface area contributed by atoms with E-state index in [1.807, 2.05) is 20.0 Å². The lowest BCUT2D eigenvalue weighted by Gasteiger charge is -2.35. The molecule has 0 radical (unpaired) electrons. The van der Waals surface area contributed by atoms with Crippen LogP contribution in [0.1, 0.15) is 82.7 Å². The number of fused-ring (bicyclic) bond motifs is 6. The standard InChI is InChI=1S/C43H60N8O5S/c1-26(2)55-19-18-50-36-12-11-29-20-31(36)33(39(50)32-21-30(23-45-38(32)28(4)54-8)49-16-14-48(7)15-17-49)22-43(5,6)25-56-42(53)34-10-9-13-51(47-34)41(52)37(44)27(3)40-46-35(29)24-57-40/h11-12,20-21,23-24,26-28,34,37,47H,9-10,13-19,22,25,44H2,1-8H3/t27-,28-,34-,37-/m0/s1. The lowest BCUT2D eigenvalue weighted by molar-refractivity contribution is -0.155. The van der Waals surface area contributed by atoms with Gasteiger partial charge in [-0.05, 0) is 70.8 Å². The molecule has 57 heavy (non-hydrogen) atoms. The summed E-state index contributed by atoms with van der Waals surface area (Å²) in [6.45, 7) is 18.0. The molecule has 3 aliphatic rings. The van der Waals surface area contributed by atoms with Gasteiger partial charge in [-0.25, -0.2) is 10.4 Å². The highest BCUT2D eigenvalue weighted by Crippen LogP contribution is 2.43. The summed E-state index contributed by atoms with van der Waals surface area (Å²) in [5.74, 6) is -0.962. The van der Waals surface area contributed by atoms with Gasteiger partial charge in [0.1, 0.15) is 6.04 Å². The molecular formula is C43H60N8O5S. The molecule has 0 aliphatic carbocycles. The van der Waals surface area contributed by atoms with Gasteiger partial charge in [0.2, 0.25) is 0 Å². The number of carbonyl (C=O) groups is 2. The molecule has 0 saturated carbocycles. The van der Waals surface area contributed by atoms with Crippen LogP contribution < -0.4 is 16.1 Å². The smallest absolute Gasteiger partial charge is 0.324 e. The number of nitrogens with zero attached hydrogens (tertiary/aromatic N) is 6. The van der Waals surface area contributed by atoms with E-state index in [1.165, 1.54) is 16.3 Å². The van der Waals surface area contributed by atoms with Gasteiger partial charge in [0.15, 0.2) is 0 Å². The highest BCUT2D eigenvalue weighted by Gasteiger charge is 2.36. The van der Waals surface area contributed by atoms with Crippen LogP contribution in [-0.4, -0.2) is 115 Å². The second-order valence-corrected chi connectivity index (χ2v) is 18.0. The zero-order valence-corrected chi connectivity index (χ0v) is 35.7. The Kier molecular flexibility index (Phi) is 12.4. The number of aromatic nitrogens is 3. The summed E-state index contributed by atoms with van der Waals surface area (Å²) in [7, 11) is 3.90. The molecule has 13 nitrogen and oxygen atoms in total. The molecule has 14 heteroatoms. The van der Waals surface area contributed by atoms with Gasteiger partial charge in [-0.1, -0.05) is 26.8 Å². The molecule has 7 rings (SSSR count). The zero-order chi connectivity index (χ0) is 40.6. The van der Waals surface area contributed by atoms with E-state index < -0.39 is 17.5 Å². The van der Waals surface area contributed by atoms with E-state index in [0.29, 0.717) is 39.0 Å². The van der Waals surface area contributed by atoms with Crippen LogP contribution >= 0.6 is 11.3 Å². The molecule has 3 N–H and O–H groups in total. The van der Waals surface area contributed by atoms with Gasteiger partial charge in [-0.15, -0.1) is 11.3 Å². The van der Waals surface area contributed by atoms with E-state index in [1.54, 1.807) is 7.11 Å². The number of methoxy groups -OCH3 is 1. The van der Waals surface area contributed by atoms with Crippen molar-refractivity contribution in [2.75, 3.05) is 65.0 Å². The minimum atomic E-state index is -0.832. The van der Waals surface area contributed by atoms with Crippen LogP contribution in [0.3, 0.4) is 0 Å². The number of thiazole rings is 1. The Bertz CT molecular complexity index is 2070. The number of benzene rings is 1. The maximum atomic E-state index is 13.7. The van der Waals surface area contributed by atoms with E-state index >= 15 is 0 Å². The monoisotopic (exact) mass is 800 g/mol. The summed E-state index contributed by atoms with van der Waals surface area (Å²) in [5.41, 5.74) is 17.3. The number of esters is 1. The third kappa shape index (κ3) is 8.76. The number of carbonyl (C=O) groups excluding carboxylic acids is 2. The lowest BCUT2D eigenvalue weighted by Crippen LogP contribution is -2.59. The fraction of sp³-hybridized carbons (Fsp3) is 0.581. The van der Waals surface area contributed by atoms with Crippen LogP contribution in [0.15, 0.2) is 35.8 Å². The number of nitrogens with one attached hydrogen (secondary N) is 1. The van der Waals surface area contributed by atoms with E-state index in [-0.39, 0.29) is 36.6 Å². The van der Waals surface area contributed by atoms with Gasteiger partial charge in [-0.3, -0.25) is 19.6 Å². The first-order valence-corrected chi connectivity index (χ1v) is 21.3. The molecule has 4 aromatic rings. The highest BCUT2D eigenvalue weighted by molar-refractivity contribution is 7.10. The van der Waals surface area contributed by atoms with Crippen molar-refractivity contribution in [3.63, 3.8) is 0 Å². The first-order chi connectivity index (χ1) is 27.2. The molecule has 1 amide bonds. The van der Waals surface area contributed by atoms with Crippen molar-refractivity contribution in [3.8, 4) is 22.5 Å². The summed E-state index contributed by atoms with van der Waals surface area (Å²) in [6, 6.07) is 7.38. The number of nitrogens with two attached hydrogens (primary N) is 1. The number of amides is 1. The molecule has 3 aromatic heterocycles. The van der Waals surface area contributed by atoms with Crippen LogP contribution in [0, 0.1) is 5.41 Å². The number of piperazine rings is 1. The first kappa shape index (κ1) is 41.2. The van der Waals surface area contributed by atoms with Crippen molar-refractivity contribution in [3.05, 3.63) is 52.1 Å². The number of cyclic esters (lactones) is 1. The maximum absolute atomic E-state index is 13.7. The summed E-state index contributed by atoms with van der Waals surface area (Å²) >= 11 is 1.51. The second kappa shape index (κ2) is 17.1. The first-order valence-electron chi connectivity index (χ1n) is 20.4. The fourth-order valence-electron chi connectivity index (χ4n) is 8.20. The average molecular weight is 801 g/mol. The quantitative estimate of drug-likeness (QED) is 0.210. The van der Waals surface area contributed by atoms with Crippen LogP contribution in [0.2, 0.25) is 0 Å². The molecule has 6 heterocycles. The number of ether oxygens (including phenoxy) is 3. The number of hydrogen-bond donors (Lipinski definition) is 2. The zero-order valence-electron chi connectivity index (χ0n) is 34.8. The number of anilines is 1. The Morgan fingerprint density at radius 3 is 2.61 bits per heavy atom. The SMILES string of the molecule is CO[C@@H](C)c1ncc(N2CCN(C)CC2)cc1-c1c2c3cc(ccc3n1CCOC(C)C)-c1csc(n1)[C@@H](C)[C@H](N)C(=O)N1CCC[C@H](N1)C(=O)OCC(C)(C)C2. The Balaban J connectivity index is 1.44. The second-order valence-electron chi connectivity index (χ2n) is 17.1. The molecule has 0 unspecified atom stereocenters.